The summed E-state index contributed by atoms with van der Waals surface area (Å²) in [5.74, 6) is 0.418. The van der Waals surface area contributed by atoms with Gasteiger partial charge < -0.3 is 4.74 Å². The van der Waals surface area contributed by atoms with Crippen LogP contribution in [0.2, 0.25) is 0 Å². The Morgan fingerprint density at radius 3 is 2.15 bits per heavy atom. The number of ether oxygens (including phenoxy) is 1. The van der Waals surface area contributed by atoms with Gasteiger partial charge in [-0.2, -0.15) is 17.4 Å². The van der Waals surface area contributed by atoms with Crippen molar-refractivity contribution in [2.75, 3.05) is 27.2 Å². The van der Waals surface area contributed by atoms with E-state index in [-0.39, 0.29) is 18.0 Å². The lowest BCUT2D eigenvalue weighted by molar-refractivity contribution is 0.321. The number of rotatable bonds is 7. The molecule has 0 saturated heterocycles. The number of nitrogens with zero attached hydrogens (tertiary/aromatic N) is 1. The van der Waals surface area contributed by atoms with Crippen LogP contribution in [0, 0.1) is 0 Å². The average molecular weight is 323 g/mol. The molecular formula is C10H17N3O5S2. The van der Waals surface area contributed by atoms with Gasteiger partial charge in [-0.15, -0.1) is 0 Å². The molecule has 3 N–H and O–H groups in total. The van der Waals surface area contributed by atoms with Crippen LogP contribution >= 0.6 is 0 Å². The summed E-state index contributed by atoms with van der Waals surface area (Å²) in [6.07, 6.45) is 0. The van der Waals surface area contributed by atoms with E-state index in [9.17, 15) is 16.8 Å². The van der Waals surface area contributed by atoms with Crippen LogP contribution in [-0.2, 0) is 20.2 Å². The fourth-order valence-electron chi connectivity index (χ4n) is 1.19. The van der Waals surface area contributed by atoms with E-state index < -0.39 is 20.2 Å². The Hall–Kier alpha value is -1.20. The number of hydrogen-bond acceptors (Lipinski definition) is 5. The fraction of sp³-hybridized carbons (Fsp3) is 0.400. The molecule has 0 aliphatic heterocycles. The monoisotopic (exact) mass is 323 g/mol. The van der Waals surface area contributed by atoms with Gasteiger partial charge in [0, 0.05) is 20.6 Å². The largest absolute Gasteiger partial charge is 0.492 e. The van der Waals surface area contributed by atoms with Gasteiger partial charge in [-0.25, -0.2) is 13.6 Å². The van der Waals surface area contributed by atoms with Gasteiger partial charge in [0.05, 0.1) is 4.90 Å². The minimum absolute atomic E-state index is 0.0156. The van der Waals surface area contributed by atoms with Gasteiger partial charge in [0.2, 0.25) is 10.0 Å². The molecule has 0 radical (unpaired) electrons. The van der Waals surface area contributed by atoms with Crippen molar-refractivity contribution in [2.45, 2.75) is 4.90 Å². The van der Waals surface area contributed by atoms with E-state index in [4.69, 9.17) is 9.88 Å². The van der Waals surface area contributed by atoms with Crippen molar-refractivity contribution in [2.24, 2.45) is 5.14 Å². The summed E-state index contributed by atoms with van der Waals surface area (Å²) < 4.78 is 53.5. The molecule has 0 aliphatic rings. The maximum Gasteiger partial charge on any atom is 0.279 e. The molecule has 0 unspecified atom stereocenters. The molecule has 0 spiro atoms. The number of hydrogen-bond donors (Lipinski definition) is 2. The van der Waals surface area contributed by atoms with Crippen LogP contribution in [0.1, 0.15) is 0 Å². The van der Waals surface area contributed by atoms with Crippen molar-refractivity contribution in [3.8, 4) is 5.75 Å². The van der Waals surface area contributed by atoms with Crippen molar-refractivity contribution in [1.82, 2.24) is 9.03 Å². The molecule has 8 nitrogen and oxygen atoms in total. The second-order valence-electron chi connectivity index (χ2n) is 4.05. The van der Waals surface area contributed by atoms with E-state index in [2.05, 4.69) is 4.72 Å². The molecular weight excluding hydrogens is 306 g/mol. The summed E-state index contributed by atoms with van der Waals surface area (Å²) >= 11 is 0. The van der Waals surface area contributed by atoms with Gasteiger partial charge in [0.25, 0.3) is 10.2 Å². The van der Waals surface area contributed by atoms with Crippen molar-refractivity contribution in [1.29, 1.82) is 0 Å². The molecule has 10 heteroatoms. The van der Waals surface area contributed by atoms with E-state index in [0.29, 0.717) is 5.75 Å². The SMILES string of the molecule is CN(C)S(=O)(=O)NCCOc1ccc(S(N)(=O)=O)cc1. The average Bonchev–Trinajstić information content (AvgIpc) is 2.34. The molecule has 0 aliphatic carbocycles. The summed E-state index contributed by atoms with van der Waals surface area (Å²) in [5, 5.41) is 4.95. The highest BCUT2D eigenvalue weighted by atomic mass is 32.2. The van der Waals surface area contributed by atoms with Gasteiger partial charge >= 0.3 is 0 Å². The van der Waals surface area contributed by atoms with Gasteiger partial charge in [-0.05, 0) is 24.3 Å². The molecule has 0 heterocycles. The molecule has 0 aromatic heterocycles. The predicted octanol–water partition coefficient (Wildman–Crippen LogP) is -0.891. The van der Waals surface area contributed by atoms with E-state index in [0.717, 1.165) is 4.31 Å². The van der Waals surface area contributed by atoms with Gasteiger partial charge in [-0.1, -0.05) is 0 Å². The molecule has 0 amide bonds. The summed E-state index contributed by atoms with van der Waals surface area (Å²) in [6.45, 7) is 0.208. The van der Waals surface area contributed by atoms with Crippen molar-refractivity contribution in [3.05, 3.63) is 24.3 Å². The van der Waals surface area contributed by atoms with E-state index in [1.54, 1.807) is 0 Å². The second kappa shape index (κ2) is 6.50. The molecule has 20 heavy (non-hydrogen) atoms. The first-order chi connectivity index (χ1) is 9.13. The summed E-state index contributed by atoms with van der Waals surface area (Å²) in [5.41, 5.74) is 0. The van der Waals surface area contributed by atoms with E-state index in [1.165, 1.54) is 38.4 Å². The molecule has 1 aromatic rings. The maximum absolute atomic E-state index is 11.4. The molecule has 1 rings (SSSR count). The summed E-state index contributed by atoms with van der Waals surface area (Å²) in [4.78, 5) is -0.0156. The Labute approximate surface area is 118 Å². The normalized spacial score (nSPS) is 12.6. The van der Waals surface area contributed by atoms with Crippen LogP contribution in [-0.4, -0.2) is 48.4 Å². The third-order valence-electron chi connectivity index (χ3n) is 2.29. The first-order valence-electron chi connectivity index (χ1n) is 5.56. The van der Waals surface area contributed by atoms with E-state index >= 15 is 0 Å². The molecule has 1 aromatic carbocycles. The van der Waals surface area contributed by atoms with Crippen LogP contribution in [0.3, 0.4) is 0 Å². The zero-order chi connectivity index (χ0) is 15.4. The lowest BCUT2D eigenvalue weighted by atomic mass is 10.3. The van der Waals surface area contributed by atoms with Crippen molar-refractivity contribution >= 4 is 20.2 Å². The predicted molar refractivity (Wildman–Crippen MR) is 73.9 cm³/mol. The number of sulfonamides is 1. The highest BCUT2D eigenvalue weighted by molar-refractivity contribution is 7.89. The Kier molecular flexibility index (Phi) is 5.48. The zero-order valence-electron chi connectivity index (χ0n) is 11.1. The highest BCUT2D eigenvalue weighted by Gasteiger charge is 2.11. The van der Waals surface area contributed by atoms with E-state index in [1.807, 2.05) is 0 Å². The van der Waals surface area contributed by atoms with Crippen molar-refractivity contribution in [3.63, 3.8) is 0 Å². The van der Waals surface area contributed by atoms with Crippen molar-refractivity contribution < 1.29 is 21.6 Å². The number of nitrogens with two attached hydrogens (primary N) is 1. The molecule has 0 saturated carbocycles. The summed E-state index contributed by atoms with van der Waals surface area (Å²) in [6, 6.07) is 5.52. The Bertz CT molecular complexity index is 638. The number of nitrogens with one attached hydrogen (secondary N) is 1. The first-order valence-corrected chi connectivity index (χ1v) is 8.54. The topological polar surface area (TPSA) is 119 Å². The Morgan fingerprint density at radius 2 is 1.70 bits per heavy atom. The molecule has 0 bridgehead atoms. The van der Waals surface area contributed by atoms with Gasteiger partial charge in [0.1, 0.15) is 12.4 Å². The summed E-state index contributed by atoms with van der Waals surface area (Å²) in [7, 11) is -4.37. The number of primary sulfonamides is 1. The lowest BCUT2D eigenvalue weighted by Crippen LogP contribution is -2.37. The Morgan fingerprint density at radius 1 is 1.15 bits per heavy atom. The van der Waals surface area contributed by atoms with Crippen LogP contribution in [0.15, 0.2) is 29.2 Å². The molecule has 114 valence electrons. The molecule has 0 fully saturated rings. The van der Waals surface area contributed by atoms with Crippen LogP contribution in [0.5, 0.6) is 5.75 Å². The number of benzene rings is 1. The zero-order valence-corrected chi connectivity index (χ0v) is 12.7. The third kappa shape index (κ3) is 5.06. The molecule has 0 atom stereocenters. The third-order valence-corrected chi connectivity index (χ3v) is 4.75. The second-order valence-corrected chi connectivity index (χ2v) is 7.58. The van der Waals surface area contributed by atoms with Crippen LogP contribution in [0.4, 0.5) is 0 Å². The van der Waals surface area contributed by atoms with Gasteiger partial charge in [0.15, 0.2) is 0 Å². The van der Waals surface area contributed by atoms with Crippen LogP contribution < -0.4 is 14.6 Å². The van der Waals surface area contributed by atoms with Crippen LogP contribution in [0.25, 0.3) is 0 Å². The van der Waals surface area contributed by atoms with Gasteiger partial charge in [-0.3, -0.25) is 0 Å². The quantitative estimate of drug-likeness (QED) is 0.631. The standard InChI is InChI=1S/C10H17N3O5S2/c1-13(2)20(16,17)12-7-8-18-9-3-5-10(6-4-9)19(11,14)15/h3-6,12H,7-8H2,1-2H3,(H2,11,14,15). The minimum Gasteiger partial charge on any atom is -0.492 e. The highest BCUT2D eigenvalue weighted by Crippen LogP contribution is 2.14. The minimum atomic E-state index is -3.73. The maximum atomic E-state index is 11.4. The fourth-order valence-corrected chi connectivity index (χ4v) is 2.31. The first kappa shape index (κ1) is 16.9. The smallest absolute Gasteiger partial charge is 0.279 e. The lowest BCUT2D eigenvalue weighted by Gasteiger charge is -2.12. The Balaban J connectivity index is 2.48.